The van der Waals surface area contributed by atoms with Crippen molar-refractivity contribution in [2.45, 2.75) is 6.42 Å². The van der Waals surface area contributed by atoms with E-state index in [2.05, 4.69) is 15.3 Å². The molecular weight excluding hydrogens is 314 g/mol. The van der Waals surface area contributed by atoms with E-state index in [1.165, 1.54) is 16.7 Å². The van der Waals surface area contributed by atoms with Crippen molar-refractivity contribution in [3.8, 4) is 6.07 Å². The van der Waals surface area contributed by atoms with Gasteiger partial charge in [0, 0.05) is 25.5 Å². The molecule has 0 spiro atoms. The lowest BCUT2D eigenvalue weighted by molar-refractivity contribution is 0.592. The molecule has 118 valence electrons. The van der Waals surface area contributed by atoms with Crippen LogP contribution in [0.15, 0.2) is 36.7 Å². The molecule has 8 heteroatoms. The lowest BCUT2D eigenvalue weighted by Crippen LogP contribution is -2.33. The molecule has 1 aliphatic heterocycles. The van der Waals surface area contributed by atoms with Gasteiger partial charge in [0.1, 0.15) is 6.07 Å². The maximum absolute atomic E-state index is 12.5. The zero-order valence-corrected chi connectivity index (χ0v) is 13.1. The van der Waals surface area contributed by atoms with E-state index >= 15 is 0 Å². The second-order valence-corrected chi connectivity index (χ2v) is 7.07. The first kappa shape index (κ1) is 15.2. The van der Waals surface area contributed by atoms with Gasteiger partial charge in [0.25, 0.3) is 0 Å². The molecule has 0 fully saturated rings. The number of hydrogen-bond donors (Lipinski definition) is 1. The number of sulfonamides is 1. The van der Waals surface area contributed by atoms with Crippen LogP contribution in [-0.4, -0.2) is 37.2 Å². The third-order valence-electron chi connectivity index (χ3n) is 3.64. The summed E-state index contributed by atoms with van der Waals surface area (Å²) in [7, 11) is -3.42. The smallest absolute Gasteiger partial charge is 0.236 e. The van der Waals surface area contributed by atoms with Crippen LogP contribution < -0.4 is 9.62 Å². The average Bonchev–Trinajstić information content (AvgIpc) is 3.00. The molecule has 0 aliphatic carbocycles. The second kappa shape index (κ2) is 6.22. The van der Waals surface area contributed by atoms with Crippen LogP contribution in [0.25, 0.3) is 0 Å². The van der Waals surface area contributed by atoms with E-state index in [4.69, 9.17) is 5.26 Å². The minimum absolute atomic E-state index is 0.0806. The first-order valence-electron chi connectivity index (χ1n) is 7.15. The third kappa shape index (κ3) is 3.10. The first-order chi connectivity index (χ1) is 11.1. The molecule has 0 saturated heterocycles. The summed E-state index contributed by atoms with van der Waals surface area (Å²) in [4.78, 5) is 7.87. The van der Waals surface area contributed by atoms with Crippen molar-refractivity contribution < 1.29 is 8.42 Å². The number of nitriles is 1. The molecule has 1 aromatic heterocycles. The average molecular weight is 329 g/mol. The van der Waals surface area contributed by atoms with Crippen LogP contribution in [-0.2, 0) is 16.4 Å². The Labute approximate surface area is 134 Å². The van der Waals surface area contributed by atoms with E-state index in [0.717, 1.165) is 17.7 Å². The van der Waals surface area contributed by atoms with Gasteiger partial charge in [-0.05, 0) is 18.1 Å². The Hall–Kier alpha value is -2.66. The van der Waals surface area contributed by atoms with E-state index in [1.807, 2.05) is 30.3 Å². The van der Waals surface area contributed by atoms with Crippen molar-refractivity contribution in [2.75, 3.05) is 28.5 Å². The molecule has 1 aromatic carbocycles. The largest absolute Gasteiger partial charge is 0.367 e. The summed E-state index contributed by atoms with van der Waals surface area (Å²) in [5.41, 5.74) is 1.95. The van der Waals surface area contributed by atoms with Crippen LogP contribution in [0.3, 0.4) is 0 Å². The van der Waals surface area contributed by atoms with E-state index in [0.29, 0.717) is 12.4 Å². The second-order valence-electron chi connectivity index (χ2n) is 5.06. The van der Waals surface area contributed by atoms with E-state index in [-0.39, 0.29) is 18.0 Å². The van der Waals surface area contributed by atoms with Gasteiger partial charge in [-0.25, -0.2) is 18.4 Å². The number of fused-ring (bicyclic) bond motifs is 1. The number of benzene rings is 1. The molecule has 3 rings (SSSR count). The molecule has 2 heterocycles. The predicted molar refractivity (Wildman–Crippen MR) is 86.5 cm³/mol. The molecule has 0 saturated carbocycles. The normalized spacial score (nSPS) is 13.4. The quantitative estimate of drug-likeness (QED) is 0.883. The van der Waals surface area contributed by atoms with Crippen molar-refractivity contribution >= 4 is 21.5 Å². The van der Waals surface area contributed by atoms with Gasteiger partial charge in [-0.3, -0.25) is 4.31 Å². The lowest BCUT2D eigenvalue weighted by Gasteiger charge is -2.19. The minimum atomic E-state index is -3.42. The van der Waals surface area contributed by atoms with Crippen LogP contribution in [0.2, 0.25) is 0 Å². The molecule has 23 heavy (non-hydrogen) atoms. The molecule has 0 unspecified atom stereocenters. The Morgan fingerprint density at radius 2 is 2.04 bits per heavy atom. The Morgan fingerprint density at radius 1 is 1.26 bits per heavy atom. The number of nitrogens with zero attached hydrogens (tertiary/aromatic N) is 4. The Kier molecular flexibility index (Phi) is 4.12. The summed E-state index contributed by atoms with van der Waals surface area (Å²) in [6.45, 7) is 0.630. The number of rotatable bonds is 5. The Balaban J connectivity index is 1.68. The number of anilines is 2. The monoisotopic (exact) mass is 329 g/mol. The van der Waals surface area contributed by atoms with Crippen molar-refractivity contribution in [2.24, 2.45) is 0 Å². The topological polar surface area (TPSA) is 99.0 Å². The maximum Gasteiger partial charge on any atom is 0.236 e. The summed E-state index contributed by atoms with van der Waals surface area (Å²) in [6.07, 6.45) is 3.60. The van der Waals surface area contributed by atoms with E-state index < -0.39 is 10.0 Å². The van der Waals surface area contributed by atoms with Crippen LogP contribution in [0.1, 0.15) is 11.3 Å². The van der Waals surface area contributed by atoms with Gasteiger partial charge in [0.2, 0.25) is 10.0 Å². The van der Waals surface area contributed by atoms with Gasteiger partial charge in [-0.15, -0.1) is 0 Å². The predicted octanol–water partition coefficient (Wildman–Crippen LogP) is 1.15. The standard InChI is InChI=1S/C15H15N5O2S/c16-11-13-15(18-7-6-17-13)19-8-10-23(21,22)20-9-5-12-3-1-2-4-14(12)20/h1-4,6-7H,5,8-10H2,(H,18,19). The summed E-state index contributed by atoms with van der Waals surface area (Å²) >= 11 is 0. The molecule has 0 atom stereocenters. The van der Waals surface area contributed by atoms with Gasteiger partial charge in [0.15, 0.2) is 11.5 Å². The van der Waals surface area contributed by atoms with Crippen molar-refractivity contribution in [1.29, 1.82) is 5.26 Å². The molecule has 1 aliphatic rings. The molecule has 7 nitrogen and oxygen atoms in total. The van der Waals surface area contributed by atoms with Crippen LogP contribution in [0.5, 0.6) is 0 Å². The number of para-hydroxylation sites is 1. The molecule has 2 aromatic rings. The van der Waals surface area contributed by atoms with Crippen molar-refractivity contribution in [3.05, 3.63) is 47.9 Å². The zero-order valence-electron chi connectivity index (χ0n) is 12.3. The van der Waals surface area contributed by atoms with Crippen molar-refractivity contribution in [3.63, 3.8) is 0 Å². The third-order valence-corrected chi connectivity index (χ3v) is 5.41. The minimum Gasteiger partial charge on any atom is -0.367 e. The highest BCUT2D eigenvalue weighted by Crippen LogP contribution is 2.29. The fourth-order valence-corrected chi connectivity index (χ4v) is 3.98. The highest BCUT2D eigenvalue weighted by molar-refractivity contribution is 7.92. The van der Waals surface area contributed by atoms with Gasteiger partial charge < -0.3 is 5.32 Å². The Morgan fingerprint density at radius 3 is 2.87 bits per heavy atom. The SMILES string of the molecule is N#Cc1nccnc1NCCS(=O)(=O)N1CCc2ccccc21. The number of aromatic nitrogens is 2. The van der Waals surface area contributed by atoms with Crippen LogP contribution in [0, 0.1) is 11.3 Å². The van der Waals surface area contributed by atoms with Gasteiger partial charge in [-0.1, -0.05) is 18.2 Å². The summed E-state index contributed by atoms with van der Waals surface area (Å²) < 4.78 is 26.5. The number of nitrogens with one attached hydrogen (secondary N) is 1. The summed E-state index contributed by atoms with van der Waals surface area (Å²) in [5.74, 6) is 0.218. The highest BCUT2D eigenvalue weighted by Gasteiger charge is 2.28. The summed E-state index contributed by atoms with van der Waals surface area (Å²) in [5, 5.41) is 11.8. The fraction of sp³-hybridized carbons (Fsp3) is 0.267. The molecular formula is C15H15N5O2S. The van der Waals surface area contributed by atoms with E-state index in [9.17, 15) is 8.42 Å². The van der Waals surface area contributed by atoms with Crippen LogP contribution in [0.4, 0.5) is 11.5 Å². The fourth-order valence-electron chi connectivity index (χ4n) is 2.55. The first-order valence-corrected chi connectivity index (χ1v) is 8.76. The molecule has 0 amide bonds. The Bertz CT molecular complexity index is 860. The molecule has 1 N–H and O–H groups in total. The summed E-state index contributed by atoms with van der Waals surface area (Å²) in [6, 6.07) is 9.43. The molecule has 0 bridgehead atoms. The zero-order chi connectivity index (χ0) is 16.3. The van der Waals surface area contributed by atoms with Crippen LogP contribution >= 0.6 is 0 Å². The molecule has 0 radical (unpaired) electrons. The van der Waals surface area contributed by atoms with Crippen molar-refractivity contribution in [1.82, 2.24) is 9.97 Å². The van der Waals surface area contributed by atoms with E-state index in [1.54, 1.807) is 0 Å². The van der Waals surface area contributed by atoms with Gasteiger partial charge in [0.05, 0.1) is 11.4 Å². The maximum atomic E-state index is 12.5. The van der Waals surface area contributed by atoms with Gasteiger partial charge in [-0.2, -0.15) is 5.26 Å². The number of hydrogen-bond acceptors (Lipinski definition) is 6. The highest BCUT2D eigenvalue weighted by atomic mass is 32.2. The lowest BCUT2D eigenvalue weighted by atomic mass is 10.2. The van der Waals surface area contributed by atoms with Gasteiger partial charge >= 0.3 is 0 Å².